The number of amides is 1. The quantitative estimate of drug-likeness (QED) is 0.619. The van der Waals surface area contributed by atoms with Crippen LogP contribution in [0.5, 0.6) is 0 Å². The van der Waals surface area contributed by atoms with Gasteiger partial charge in [0.05, 0.1) is 5.69 Å². The van der Waals surface area contributed by atoms with Crippen LogP contribution >= 0.6 is 0 Å². The van der Waals surface area contributed by atoms with Crippen LogP contribution in [-0.4, -0.2) is 60.3 Å². The molecule has 1 aromatic carbocycles. The molecule has 4 rings (SSSR count). The SMILES string of the molecule is O=C(NCCCO)c1ccc(N2CCN(c3nc4c(c(=O)[nH]3)CCC=C4)CC2)cc1. The van der Waals surface area contributed by atoms with Crippen LogP contribution in [0, 0.1) is 0 Å². The molecule has 2 heterocycles. The maximum atomic E-state index is 12.4. The summed E-state index contributed by atoms with van der Waals surface area (Å²) in [5.74, 6) is 0.510. The molecular weight excluding hydrogens is 382 g/mol. The predicted octanol–water partition coefficient (Wildman–Crippen LogP) is 1.17. The number of anilines is 2. The molecule has 1 amide bonds. The van der Waals surface area contributed by atoms with Gasteiger partial charge in [0.2, 0.25) is 5.95 Å². The molecule has 8 nitrogen and oxygen atoms in total. The number of aromatic nitrogens is 2. The van der Waals surface area contributed by atoms with E-state index in [1.807, 2.05) is 30.3 Å². The van der Waals surface area contributed by atoms with E-state index in [9.17, 15) is 9.59 Å². The van der Waals surface area contributed by atoms with E-state index in [-0.39, 0.29) is 18.1 Å². The molecule has 0 radical (unpaired) electrons. The number of piperazine rings is 1. The van der Waals surface area contributed by atoms with Gasteiger partial charge in [-0.05, 0) is 49.6 Å². The van der Waals surface area contributed by atoms with E-state index in [0.717, 1.165) is 56.0 Å². The van der Waals surface area contributed by atoms with Gasteiger partial charge in [0.25, 0.3) is 11.5 Å². The largest absolute Gasteiger partial charge is 0.396 e. The third-order valence-electron chi connectivity index (χ3n) is 5.57. The Hall–Kier alpha value is -3.13. The van der Waals surface area contributed by atoms with Crippen LogP contribution < -0.4 is 20.7 Å². The van der Waals surface area contributed by atoms with Crippen LogP contribution in [-0.2, 0) is 6.42 Å². The van der Waals surface area contributed by atoms with E-state index < -0.39 is 0 Å². The number of fused-ring (bicyclic) bond motifs is 1. The summed E-state index contributed by atoms with van der Waals surface area (Å²) < 4.78 is 0. The number of aliphatic hydroxyl groups excluding tert-OH is 1. The zero-order chi connectivity index (χ0) is 20.9. The lowest BCUT2D eigenvalue weighted by atomic mass is 10.0. The van der Waals surface area contributed by atoms with Crippen LogP contribution in [0.25, 0.3) is 6.08 Å². The highest BCUT2D eigenvalue weighted by Crippen LogP contribution is 2.20. The number of nitrogens with zero attached hydrogens (tertiary/aromatic N) is 3. The maximum Gasteiger partial charge on any atom is 0.256 e. The third kappa shape index (κ3) is 4.38. The van der Waals surface area contributed by atoms with Crippen LogP contribution in [0.3, 0.4) is 0 Å². The third-order valence-corrected chi connectivity index (χ3v) is 5.57. The van der Waals surface area contributed by atoms with Gasteiger partial charge < -0.3 is 20.2 Å². The number of aromatic amines is 1. The Labute approximate surface area is 175 Å². The topological polar surface area (TPSA) is 102 Å². The molecular formula is C22H27N5O3. The van der Waals surface area contributed by atoms with E-state index in [0.29, 0.717) is 24.5 Å². The first-order chi connectivity index (χ1) is 14.7. The monoisotopic (exact) mass is 409 g/mol. The van der Waals surface area contributed by atoms with Crippen molar-refractivity contribution in [3.05, 3.63) is 57.5 Å². The van der Waals surface area contributed by atoms with Crippen molar-refractivity contribution in [3.63, 3.8) is 0 Å². The second kappa shape index (κ2) is 9.13. The molecule has 2 aliphatic rings. The summed E-state index contributed by atoms with van der Waals surface area (Å²) in [7, 11) is 0. The Kier molecular flexibility index (Phi) is 6.13. The van der Waals surface area contributed by atoms with Crippen molar-refractivity contribution in [2.75, 3.05) is 49.1 Å². The Morgan fingerprint density at radius 3 is 2.60 bits per heavy atom. The Balaban J connectivity index is 1.37. The van der Waals surface area contributed by atoms with Gasteiger partial charge in [0.15, 0.2) is 0 Å². The number of rotatable bonds is 6. The van der Waals surface area contributed by atoms with E-state index in [1.165, 1.54) is 0 Å². The number of nitrogens with one attached hydrogen (secondary N) is 2. The number of allylic oxidation sites excluding steroid dienone is 1. The highest BCUT2D eigenvalue weighted by Gasteiger charge is 2.21. The van der Waals surface area contributed by atoms with Crippen LogP contribution in [0.1, 0.15) is 34.5 Å². The molecule has 1 aliphatic carbocycles. The molecule has 2 aromatic rings. The standard InChI is InChI=1S/C22H27N5O3/c28-15-3-10-23-20(29)16-6-8-17(9-7-16)26-11-13-27(14-12-26)22-24-19-5-2-1-4-18(19)21(30)25-22/h2,5-9,28H,1,3-4,10-15H2,(H,23,29)(H,24,25,30). The molecule has 0 unspecified atom stereocenters. The highest BCUT2D eigenvalue weighted by molar-refractivity contribution is 5.94. The number of carbonyl (C=O) groups excluding carboxylic acids is 1. The van der Waals surface area contributed by atoms with Gasteiger partial charge in [-0.15, -0.1) is 0 Å². The summed E-state index contributed by atoms with van der Waals surface area (Å²) >= 11 is 0. The summed E-state index contributed by atoms with van der Waals surface area (Å²) in [6.45, 7) is 3.66. The fraction of sp³-hybridized carbons (Fsp3) is 0.409. The summed E-state index contributed by atoms with van der Waals surface area (Å²) in [6, 6.07) is 7.57. The number of H-pyrrole nitrogens is 1. The molecule has 0 spiro atoms. The molecule has 0 saturated carbocycles. The minimum atomic E-state index is -0.128. The van der Waals surface area contributed by atoms with Gasteiger partial charge >= 0.3 is 0 Å². The van der Waals surface area contributed by atoms with Crippen molar-refractivity contribution < 1.29 is 9.90 Å². The first kappa shape index (κ1) is 20.2. The minimum Gasteiger partial charge on any atom is -0.396 e. The van der Waals surface area contributed by atoms with Crippen molar-refractivity contribution in [2.24, 2.45) is 0 Å². The van der Waals surface area contributed by atoms with E-state index in [1.54, 1.807) is 0 Å². The zero-order valence-corrected chi connectivity index (χ0v) is 16.9. The molecule has 1 aliphatic heterocycles. The van der Waals surface area contributed by atoms with Crippen LogP contribution in [0.2, 0.25) is 0 Å². The summed E-state index contributed by atoms with van der Waals surface area (Å²) in [4.78, 5) is 36.4. The molecule has 0 atom stereocenters. The smallest absolute Gasteiger partial charge is 0.256 e. The normalized spacial score (nSPS) is 15.8. The van der Waals surface area contributed by atoms with Crippen LogP contribution in [0.15, 0.2) is 35.1 Å². The number of carbonyl (C=O) groups is 1. The lowest BCUT2D eigenvalue weighted by Gasteiger charge is -2.36. The van der Waals surface area contributed by atoms with Crippen molar-refractivity contribution >= 4 is 23.6 Å². The van der Waals surface area contributed by atoms with Crippen molar-refractivity contribution in [1.29, 1.82) is 0 Å². The average Bonchev–Trinajstić information content (AvgIpc) is 2.79. The summed E-state index contributed by atoms with van der Waals surface area (Å²) in [5, 5.41) is 11.6. The molecule has 1 saturated heterocycles. The maximum absolute atomic E-state index is 12.4. The molecule has 158 valence electrons. The lowest BCUT2D eigenvalue weighted by Crippen LogP contribution is -2.47. The number of benzene rings is 1. The van der Waals surface area contributed by atoms with Gasteiger partial charge in [0.1, 0.15) is 0 Å². The molecule has 30 heavy (non-hydrogen) atoms. The summed E-state index contributed by atoms with van der Waals surface area (Å²) in [5.41, 5.74) is 3.21. The molecule has 0 bridgehead atoms. The second-order valence-electron chi connectivity index (χ2n) is 7.55. The van der Waals surface area contributed by atoms with Gasteiger partial charge in [-0.1, -0.05) is 6.08 Å². The molecule has 1 fully saturated rings. The lowest BCUT2D eigenvalue weighted by molar-refractivity contribution is 0.0951. The van der Waals surface area contributed by atoms with E-state index in [4.69, 9.17) is 5.11 Å². The Morgan fingerprint density at radius 1 is 1.13 bits per heavy atom. The highest BCUT2D eigenvalue weighted by atomic mass is 16.3. The number of aliphatic hydroxyl groups is 1. The predicted molar refractivity (Wildman–Crippen MR) is 117 cm³/mol. The van der Waals surface area contributed by atoms with Crippen molar-refractivity contribution in [1.82, 2.24) is 15.3 Å². The van der Waals surface area contributed by atoms with Gasteiger partial charge in [0, 0.05) is 56.1 Å². The van der Waals surface area contributed by atoms with Crippen LogP contribution in [0.4, 0.5) is 11.6 Å². The van der Waals surface area contributed by atoms with Gasteiger partial charge in [-0.2, -0.15) is 0 Å². The number of hydrogen-bond acceptors (Lipinski definition) is 6. The van der Waals surface area contributed by atoms with Crippen molar-refractivity contribution in [3.8, 4) is 0 Å². The Morgan fingerprint density at radius 2 is 1.87 bits per heavy atom. The fourth-order valence-corrected chi connectivity index (χ4v) is 3.84. The van der Waals surface area contributed by atoms with Gasteiger partial charge in [-0.3, -0.25) is 14.6 Å². The van der Waals surface area contributed by atoms with Crippen molar-refractivity contribution in [2.45, 2.75) is 19.3 Å². The summed E-state index contributed by atoms with van der Waals surface area (Å²) in [6.07, 6.45) is 6.19. The minimum absolute atomic E-state index is 0.0327. The van der Waals surface area contributed by atoms with Gasteiger partial charge in [-0.25, -0.2) is 4.98 Å². The molecule has 8 heteroatoms. The first-order valence-corrected chi connectivity index (χ1v) is 10.4. The Bertz CT molecular complexity index is 975. The van der Waals surface area contributed by atoms with E-state index in [2.05, 4.69) is 31.2 Å². The zero-order valence-electron chi connectivity index (χ0n) is 16.9. The second-order valence-corrected chi connectivity index (χ2v) is 7.55. The van der Waals surface area contributed by atoms with E-state index >= 15 is 0 Å². The number of hydrogen-bond donors (Lipinski definition) is 3. The molecule has 1 aromatic heterocycles. The fourth-order valence-electron chi connectivity index (χ4n) is 3.84. The molecule has 3 N–H and O–H groups in total. The average molecular weight is 409 g/mol. The first-order valence-electron chi connectivity index (χ1n) is 10.4.